The van der Waals surface area contributed by atoms with Gasteiger partial charge in [-0.15, -0.1) is 0 Å². The van der Waals surface area contributed by atoms with Gasteiger partial charge in [0.15, 0.2) is 0 Å². The molecule has 104 valence electrons. The van der Waals surface area contributed by atoms with Crippen LogP contribution in [-0.2, 0) is 0 Å². The van der Waals surface area contributed by atoms with Gasteiger partial charge in [0.1, 0.15) is 5.82 Å². The van der Waals surface area contributed by atoms with Gasteiger partial charge in [-0.2, -0.15) is 0 Å². The largest absolute Gasteiger partial charge is 0.351 e. The summed E-state index contributed by atoms with van der Waals surface area (Å²) in [7, 11) is 0. The van der Waals surface area contributed by atoms with E-state index in [1.54, 1.807) is 24.3 Å². The Balaban J connectivity index is 1.97. The lowest BCUT2D eigenvalue weighted by Gasteiger charge is -2.16. The number of halogens is 1. The lowest BCUT2D eigenvalue weighted by Crippen LogP contribution is -2.28. The molecule has 0 spiro atoms. The van der Waals surface area contributed by atoms with E-state index in [0.29, 0.717) is 12.1 Å². The number of nitrogens with one attached hydrogen (secondary N) is 1. The summed E-state index contributed by atoms with van der Waals surface area (Å²) in [6.45, 7) is 2.61. The van der Waals surface area contributed by atoms with Gasteiger partial charge in [0.2, 0.25) is 0 Å². The molecular weight excluding hydrogens is 253 g/mol. The highest BCUT2D eigenvalue weighted by Crippen LogP contribution is 2.19. The van der Waals surface area contributed by atoms with Crippen molar-refractivity contribution >= 4 is 5.91 Å². The monoisotopic (exact) mass is 271 g/mol. The molecule has 0 radical (unpaired) electrons. The van der Waals surface area contributed by atoms with Crippen molar-refractivity contribution in [2.75, 3.05) is 6.54 Å². The van der Waals surface area contributed by atoms with Crippen LogP contribution in [0.15, 0.2) is 54.6 Å². The molecule has 0 aliphatic rings. The molecular formula is C17H18FNO. The number of carbonyl (C=O) groups is 1. The SMILES string of the molecule is CC[C@@H](CNC(=O)c1ccccc1)c1ccc(F)cc1. The maximum Gasteiger partial charge on any atom is 0.251 e. The number of hydrogen-bond donors (Lipinski definition) is 1. The molecule has 2 rings (SSSR count). The summed E-state index contributed by atoms with van der Waals surface area (Å²) in [6, 6.07) is 15.6. The van der Waals surface area contributed by atoms with E-state index in [1.807, 2.05) is 18.2 Å². The molecule has 0 bridgehead atoms. The molecule has 3 heteroatoms. The number of hydrogen-bond acceptors (Lipinski definition) is 1. The van der Waals surface area contributed by atoms with E-state index in [1.165, 1.54) is 12.1 Å². The van der Waals surface area contributed by atoms with E-state index in [-0.39, 0.29) is 17.6 Å². The van der Waals surface area contributed by atoms with Crippen molar-refractivity contribution in [3.05, 3.63) is 71.5 Å². The lowest BCUT2D eigenvalue weighted by atomic mass is 9.96. The zero-order valence-corrected chi connectivity index (χ0v) is 11.5. The van der Waals surface area contributed by atoms with Crippen LogP contribution < -0.4 is 5.32 Å². The molecule has 0 aliphatic carbocycles. The van der Waals surface area contributed by atoms with Gasteiger partial charge in [-0.3, -0.25) is 4.79 Å². The van der Waals surface area contributed by atoms with E-state index in [2.05, 4.69) is 12.2 Å². The summed E-state index contributed by atoms with van der Waals surface area (Å²) < 4.78 is 12.9. The summed E-state index contributed by atoms with van der Waals surface area (Å²) in [5.41, 5.74) is 1.70. The van der Waals surface area contributed by atoms with Gasteiger partial charge in [0.25, 0.3) is 5.91 Å². The quantitative estimate of drug-likeness (QED) is 0.881. The fourth-order valence-electron chi connectivity index (χ4n) is 2.14. The Morgan fingerprint density at radius 1 is 1.10 bits per heavy atom. The first-order valence-corrected chi connectivity index (χ1v) is 6.79. The molecule has 0 aromatic heterocycles. The highest BCUT2D eigenvalue weighted by atomic mass is 19.1. The van der Waals surface area contributed by atoms with Gasteiger partial charge in [-0.1, -0.05) is 37.3 Å². The Kier molecular flexibility index (Phi) is 4.88. The fraction of sp³-hybridized carbons (Fsp3) is 0.235. The molecule has 0 aliphatic heterocycles. The molecule has 1 N–H and O–H groups in total. The third-order valence-corrected chi connectivity index (χ3v) is 3.38. The Morgan fingerprint density at radius 2 is 1.75 bits per heavy atom. The van der Waals surface area contributed by atoms with Crippen LogP contribution in [0.3, 0.4) is 0 Å². The summed E-state index contributed by atoms with van der Waals surface area (Å²) in [4.78, 5) is 12.0. The van der Waals surface area contributed by atoms with Crippen LogP contribution in [0.4, 0.5) is 4.39 Å². The number of rotatable bonds is 5. The predicted octanol–water partition coefficient (Wildman–Crippen LogP) is 3.75. The molecule has 0 saturated carbocycles. The second kappa shape index (κ2) is 6.85. The number of amides is 1. The Morgan fingerprint density at radius 3 is 2.35 bits per heavy atom. The zero-order valence-electron chi connectivity index (χ0n) is 11.5. The second-order valence-electron chi connectivity index (χ2n) is 4.73. The highest BCUT2D eigenvalue weighted by molar-refractivity contribution is 5.94. The average Bonchev–Trinajstić information content (AvgIpc) is 2.50. The fourth-order valence-corrected chi connectivity index (χ4v) is 2.14. The van der Waals surface area contributed by atoms with Crippen molar-refractivity contribution < 1.29 is 9.18 Å². The maximum absolute atomic E-state index is 12.9. The molecule has 1 atom stereocenters. The normalized spacial score (nSPS) is 11.9. The van der Waals surface area contributed by atoms with Crippen molar-refractivity contribution in [1.82, 2.24) is 5.32 Å². The standard InChI is InChI=1S/C17H18FNO/c1-2-13(14-8-10-16(18)11-9-14)12-19-17(20)15-6-4-3-5-7-15/h3-11,13H,2,12H2,1H3,(H,19,20)/t13-/m0/s1. The average molecular weight is 271 g/mol. The van der Waals surface area contributed by atoms with Gasteiger partial charge < -0.3 is 5.32 Å². The van der Waals surface area contributed by atoms with E-state index in [9.17, 15) is 9.18 Å². The minimum Gasteiger partial charge on any atom is -0.351 e. The smallest absolute Gasteiger partial charge is 0.251 e. The first kappa shape index (κ1) is 14.3. The molecule has 0 saturated heterocycles. The number of carbonyl (C=O) groups excluding carboxylic acids is 1. The number of benzene rings is 2. The molecule has 2 nitrogen and oxygen atoms in total. The maximum atomic E-state index is 12.9. The minimum atomic E-state index is -0.239. The summed E-state index contributed by atoms with van der Waals surface area (Å²) >= 11 is 0. The third kappa shape index (κ3) is 3.67. The molecule has 2 aromatic carbocycles. The van der Waals surface area contributed by atoms with Gasteiger partial charge >= 0.3 is 0 Å². The van der Waals surface area contributed by atoms with Gasteiger partial charge in [-0.25, -0.2) is 4.39 Å². The lowest BCUT2D eigenvalue weighted by molar-refractivity contribution is 0.0951. The van der Waals surface area contributed by atoms with E-state index in [4.69, 9.17) is 0 Å². The zero-order chi connectivity index (χ0) is 14.4. The van der Waals surface area contributed by atoms with E-state index >= 15 is 0 Å². The topological polar surface area (TPSA) is 29.1 Å². The van der Waals surface area contributed by atoms with Crippen molar-refractivity contribution in [2.24, 2.45) is 0 Å². The third-order valence-electron chi connectivity index (χ3n) is 3.38. The summed E-state index contributed by atoms with van der Waals surface area (Å²) in [6.07, 6.45) is 0.890. The van der Waals surface area contributed by atoms with Crippen LogP contribution in [-0.4, -0.2) is 12.5 Å². The van der Waals surface area contributed by atoms with Crippen molar-refractivity contribution in [3.63, 3.8) is 0 Å². The van der Waals surface area contributed by atoms with Crippen LogP contribution in [0.25, 0.3) is 0 Å². The first-order chi connectivity index (χ1) is 9.70. The van der Waals surface area contributed by atoms with Crippen LogP contribution in [0.2, 0.25) is 0 Å². The van der Waals surface area contributed by atoms with Crippen LogP contribution in [0.1, 0.15) is 35.2 Å². The van der Waals surface area contributed by atoms with Crippen molar-refractivity contribution in [1.29, 1.82) is 0 Å². The minimum absolute atomic E-state index is 0.0776. The Hall–Kier alpha value is -2.16. The molecule has 0 fully saturated rings. The van der Waals surface area contributed by atoms with Gasteiger partial charge in [0.05, 0.1) is 0 Å². The Bertz CT molecular complexity index is 551. The molecule has 0 unspecified atom stereocenters. The highest BCUT2D eigenvalue weighted by Gasteiger charge is 2.12. The molecule has 2 aromatic rings. The molecule has 20 heavy (non-hydrogen) atoms. The predicted molar refractivity (Wildman–Crippen MR) is 78.2 cm³/mol. The Labute approximate surface area is 118 Å². The van der Waals surface area contributed by atoms with E-state index in [0.717, 1.165) is 12.0 Å². The molecule has 0 heterocycles. The van der Waals surface area contributed by atoms with Crippen molar-refractivity contribution in [2.45, 2.75) is 19.3 Å². The van der Waals surface area contributed by atoms with Crippen molar-refractivity contribution in [3.8, 4) is 0 Å². The van der Waals surface area contributed by atoms with E-state index < -0.39 is 0 Å². The van der Waals surface area contributed by atoms with Crippen LogP contribution in [0.5, 0.6) is 0 Å². The second-order valence-corrected chi connectivity index (χ2v) is 4.73. The van der Waals surface area contributed by atoms with Gasteiger partial charge in [0, 0.05) is 18.0 Å². The first-order valence-electron chi connectivity index (χ1n) is 6.79. The summed E-state index contributed by atoms with van der Waals surface area (Å²) in [5.74, 6) is -0.119. The van der Waals surface area contributed by atoms with Crippen LogP contribution >= 0.6 is 0 Å². The van der Waals surface area contributed by atoms with Crippen LogP contribution in [0, 0.1) is 5.82 Å². The molecule has 1 amide bonds. The summed E-state index contributed by atoms with van der Waals surface area (Å²) in [5, 5.41) is 2.93. The van der Waals surface area contributed by atoms with Gasteiger partial charge in [-0.05, 0) is 36.2 Å².